The van der Waals surface area contributed by atoms with Crippen molar-refractivity contribution in [3.05, 3.63) is 29.8 Å². The van der Waals surface area contributed by atoms with E-state index in [1.807, 2.05) is 4.90 Å². The normalized spacial score (nSPS) is 22.4. The molecule has 1 aromatic rings. The summed E-state index contributed by atoms with van der Waals surface area (Å²) in [5.74, 6) is 0.693. The number of nitrogens with zero attached hydrogens (tertiary/aromatic N) is 2. The van der Waals surface area contributed by atoms with Crippen molar-refractivity contribution in [1.82, 2.24) is 10.2 Å². The number of carbonyl (C=O) groups excluding carboxylic acids is 2. The average molecular weight is 400 g/mol. The molecule has 2 fully saturated rings. The topological polar surface area (TPSA) is 52.7 Å². The van der Waals surface area contributed by atoms with E-state index in [0.29, 0.717) is 5.91 Å². The molecule has 2 amide bonds. The van der Waals surface area contributed by atoms with E-state index in [4.69, 9.17) is 0 Å². The van der Waals surface area contributed by atoms with Gasteiger partial charge in [-0.25, -0.2) is 0 Å². The van der Waals surface area contributed by atoms with Crippen LogP contribution in [-0.4, -0.2) is 49.4 Å². The predicted octanol–water partition coefficient (Wildman–Crippen LogP) is 3.76. The van der Waals surface area contributed by atoms with Crippen LogP contribution >= 0.6 is 0 Å². The highest BCUT2D eigenvalue weighted by molar-refractivity contribution is 5.81. The Kier molecular flexibility index (Phi) is 7.96. The molecule has 0 atom stereocenters. The number of amides is 2. The van der Waals surface area contributed by atoms with Crippen molar-refractivity contribution in [3.8, 4) is 0 Å². The number of carbonyl (C=O) groups is 2. The fraction of sp³-hybridized carbons (Fsp3) is 0.667. The molecule has 3 rings (SSSR count). The smallest absolute Gasteiger partial charge is 0.225 e. The lowest BCUT2D eigenvalue weighted by atomic mass is 9.81. The largest absolute Gasteiger partial charge is 0.368 e. The van der Waals surface area contributed by atoms with Crippen LogP contribution in [0.25, 0.3) is 0 Å². The Bertz CT molecular complexity index is 674. The monoisotopic (exact) mass is 399 g/mol. The molecule has 0 spiro atoms. The van der Waals surface area contributed by atoms with Crippen LogP contribution in [0.15, 0.2) is 24.3 Å². The molecule has 5 heteroatoms. The number of hydrogen-bond donors (Lipinski definition) is 1. The maximum Gasteiger partial charge on any atom is 0.225 e. The third-order valence-electron chi connectivity index (χ3n) is 6.48. The van der Waals surface area contributed by atoms with E-state index in [0.717, 1.165) is 64.8 Å². The summed E-state index contributed by atoms with van der Waals surface area (Å²) in [6.45, 7) is 8.45. The Hall–Kier alpha value is -2.04. The fourth-order valence-electron chi connectivity index (χ4n) is 4.60. The molecule has 2 aliphatic rings. The van der Waals surface area contributed by atoms with Crippen LogP contribution in [0.2, 0.25) is 0 Å². The van der Waals surface area contributed by atoms with Crippen molar-refractivity contribution in [2.45, 2.75) is 58.8 Å². The summed E-state index contributed by atoms with van der Waals surface area (Å²) >= 11 is 0. The van der Waals surface area contributed by atoms with Crippen molar-refractivity contribution < 1.29 is 9.59 Å². The fourth-order valence-corrected chi connectivity index (χ4v) is 4.60. The van der Waals surface area contributed by atoms with Gasteiger partial charge in [0.1, 0.15) is 0 Å². The lowest BCUT2D eigenvalue weighted by Gasteiger charge is -2.38. The van der Waals surface area contributed by atoms with Crippen LogP contribution in [-0.2, 0) is 9.59 Å². The molecule has 160 valence electrons. The number of rotatable bonds is 7. The molecular weight excluding hydrogens is 362 g/mol. The first-order valence-electron chi connectivity index (χ1n) is 11.5. The van der Waals surface area contributed by atoms with Crippen molar-refractivity contribution in [1.29, 1.82) is 0 Å². The second kappa shape index (κ2) is 10.7. The van der Waals surface area contributed by atoms with E-state index in [1.54, 1.807) is 0 Å². The van der Waals surface area contributed by atoms with Gasteiger partial charge in [0.2, 0.25) is 11.8 Å². The number of hydrogen-bond acceptors (Lipinski definition) is 3. The van der Waals surface area contributed by atoms with E-state index in [1.165, 1.54) is 24.1 Å². The molecule has 1 aromatic carbocycles. The molecule has 0 bridgehead atoms. The van der Waals surface area contributed by atoms with Crippen LogP contribution in [0.5, 0.6) is 0 Å². The van der Waals surface area contributed by atoms with Gasteiger partial charge >= 0.3 is 0 Å². The standard InChI is InChI=1S/C24H37N3O2/c1-3-4-5-13-25-23(28)20-9-11-21(12-10-20)24(29)27-16-14-26(15-17-27)22-8-6-7-19(2)18-22/h6-8,18,20-21H,3-5,9-17H2,1-2H3,(H,25,28). The summed E-state index contributed by atoms with van der Waals surface area (Å²) in [6.07, 6.45) is 6.79. The Morgan fingerprint density at radius 3 is 2.34 bits per heavy atom. The first-order chi connectivity index (χ1) is 14.1. The van der Waals surface area contributed by atoms with E-state index in [-0.39, 0.29) is 17.7 Å². The molecule has 0 unspecified atom stereocenters. The summed E-state index contributed by atoms with van der Waals surface area (Å²) in [5.41, 5.74) is 2.52. The molecule has 0 radical (unpaired) electrons. The minimum Gasteiger partial charge on any atom is -0.368 e. The summed E-state index contributed by atoms with van der Waals surface area (Å²) in [7, 11) is 0. The van der Waals surface area contributed by atoms with Gasteiger partial charge in [-0.2, -0.15) is 0 Å². The third-order valence-corrected chi connectivity index (χ3v) is 6.48. The van der Waals surface area contributed by atoms with E-state index >= 15 is 0 Å². The highest BCUT2D eigenvalue weighted by atomic mass is 16.2. The van der Waals surface area contributed by atoms with E-state index in [2.05, 4.69) is 48.3 Å². The zero-order valence-electron chi connectivity index (χ0n) is 18.2. The minimum absolute atomic E-state index is 0.0962. The van der Waals surface area contributed by atoms with Crippen LogP contribution in [0.3, 0.4) is 0 Å². The van der Waals surface area contributed by atoms with Gasteiger partial charge in [0.25, 0.3) is 0 Å². The molecule has 1 aliphatic carbocycles. The number of nitrogens with one attached hydrogen (secondary N) is 1. The van der Waals surface area contributed by atoms with E-state index in [9.17, 15) is 9.59 Å². The van der Waals surface area contributed by atoms with Gasteiger partial charge in [-0.1, -0.05) is 31.9 Å². The molecule has 1 saturated carbocycles. The van der Waals surface area contributed by atoms with E-state index < -0.39 is 0 Å². The molecular formula is C24H37N3O2. The lowest BCUT2D eigenvalue weighted by molar-refractivity contribution is -0.138. The second-order valence-electron chi connectivity index (χ2n) is 8.70. The van der Waals surface area contributed by atoms with Gasteiger partial charge in [0.05, 0.1) is 0 Å². The quantitative estimate of drug-likeness (QED) is 0.711. The Balaban J connectivity index is 1.40. The molecule has 5 nitrogen and oxygen atoms in total. The summed E-state index contributed by atoms with van der Waals surface area (Å²) < 4.78 is 0. The average Bonchev–Trinajstić information content (AvgIpc) is 2.76. The van der Waals surface area contributed by atoms with Crippen LogP contribution in [0.1, 0.15) is 57.4 Å². The van der Waals surface area contributed by atoms with Gasteiger partial charge in [0, 0.05) is 50.2 Å². The van der Waals surface area contributed by atoms with Crippen LogP contribution < -0.4 is 10.2 Å². The number of piperazine rings is 1. The number of aryl methyl sites for hydroxylation is 1. The lowest BCUT2D eigenvalue weighted by Crippen LogP contribution is -2.51. The van der Waals surface area contributed by atoms with Crippen LogP contribution in [0, 0.1) is 18.8 Å². The number of anilines is 1. The zero-order chi connectivity index (χ0) is 20.6. The second-order valence-corrected chi connectivity index (χ2v) is 8.70. The first kappa shape index (κ1) is 21.7. The molecule has 1 N–H and O–H groups in total. The van der Waals surface area contributed by atoms with Gasteiger partial charge in [-0.05, 0) is 56.7 Å². The van der Waals surface area contributed by atoms with Crippen LogP contribution in [0.4, 0.5) is 5.69 Å². The van der Waals surface area contributed by atoms with Crippen molar-refractivity contribution in [2.24, 2.45) is 11.8 Å². The van der Waals surface area contributed by atoms with Crippen molar-refractivity contribution >= 4 is 17.5 Å². The predicted molar refractivity (Wildman–Crippen MR) is 118 cm³/mol. The number of unbranched alkanes of at least 4 members (excludes halogenated alkanes) is 2. The summed E-state index contributed by atoms with van der Waals surface area (Å²) in [4.78, 5) is 29.7. The third kappa shape index (κ3) is 5.97. The Labute approximate surface area is 175 Å². The molecule has 1 aliphatic heterocycles. The first-order valence-corrected chi connectivity index (χ1v) is 11.5. The summed E-state index contributed by atoms with van der Waals surface area (Å²) in [6, 6.07) is 8.58. The maximum absolute atomic E-state index is 13.0. The number of benzene rings is 1. The maximum atomic E-state index is 13.0. The van der Waals surface area contributed by atoms with Crippen molar-refractivity contribution in [3.63, 3.8) is 0 Å². The Morgan fingerprint density at radius 2 is 1.69 bits per heavy atom. The molecule has 0 aromatic heterocycles. The molecule has 1 saturated heterocycles. The minimum atomic E-state index is 0.0962. The highest BCUT2D eigenvalue weighted by Gasteiger charge is 2.33. The van der Waals surface area contributed by atoms with Gasteiger partial charge in [-0.15, -0.1) is 0 Å². The highest BCUT2D eigenvalue weighted by Crippen LogP contribution is 2.31. The van der Waals surface area contributed by atoms with Crippen molar-refractivity contribution in [2.75, 3.05) is 37.6 Å². The molecule has 29 heavy (non-hydrogen) atoms. The summed E-state index contributed by atoms with van der Waals surface area (Å²) in [5, 5.41) is 3.08. The van der Waals surface area contributed by atoms with Gasteiger partial charge in [-0.3, -0.25) is 9.59 Å². The van der Waals surface area contributed by atoms with Gasteiger partial charge < -0.3 is 15.1 Å². The SMILES string of the molecule is CCCCCNC(=O)C1CCC(C(=O)N2CCN(c3cccc(C)c3)CC2)CC1. The zero-order valence-corrected chi connectivity index (χ0v) is 18.2. The Morgan fingerprint density at radius 1 is 1.00 bits per heavy atom. The molecule has 1 heterocycles. The van der Waals surface area contributed by atoms with Gasteiger partial charge in [0.15, 0.2) is 0 Å².